The van der Waals surface area contributed by atoms with Crippen LogP contribution in [-0.4, -0.2) is 42.9 Å². The Morgan fingerprint density at radius 2 is 1.97 bits per heavy atom. The van der Waals surface area contributed by atoms with Crippen molar-refractivity contribution in [1.29, 1.82) is 0 Å². The maximum atomic E-state index is 13.2. The molecule has 160 valence electrons. The van der Waals surface area contributed by atoms with Gasteiger partial charge in [0, 0.05) is 37.3 Å². The SMILES string of the molecule is COC(=O)c1nc(C2CC2)cnc1Cc1cccc(C2CCOCC2)c1OC(F)F. The molecule has 0 bridgehead atoms. The number of carbonyl (C=O) groups is 1. The summed E-state index contributed by atoms with van der Waals surface area (Å²) >= 11 is 0. The summed E-state index contributed by atoms with van der Waals surface area (Å²) in [5, 5.41) is 0. The molecule has 1 saturated carbocycles. The predicted octanol–water partition coefficient (Wildman–Crippen LogP) is 4.23. The van der Waals surface area contributed by atoms with Crippen molar-refractivity contribution in [2.24, 2.45) is 0 Å². The summed E-state index contributed by atoms with van der Waals surface area (Å²) < 4.78 is 41.7. The highest BCUT2D eigenvalue weighted by Gasteiger charge is 2.29. The lowest BCUT2D eigenvalue weighted by Gasteiger charge is -2.25. The molecule has 0 N–H and O–H groups in total. The Bertz CT molecular complexity index is 912. The van der Waals surface area contributed by atoms with Crippen molar-refractivity contribution in [2.75, 3.05) is 20.3 Å². The molecule has 6 nitrogen and oxygen atoms in total. The summed E-state index contributed by atoms with van der Waals surface area (Å²) in [6.07, 6.45) is 5.33. The third-order valence-electron chi connectivity index (χ3n) is 5.59. The van der Waals surface area contributed by atoms with Crippen LogP contribution in [-0.2, 0) is 15.9 Å². The van der Waals surface area contributed by atoms with Gasteiger partial charge >= 0.3 is 12.6 Å². The van der Waals surface area contributed by atoms with Gasteiger partial charge in [0.1, 0.15) is 5.75 Å². The molecule has 30 heavy (non-hydrogen) atoms. The Morgan fingerprint density at radius 1 is 1.20 bits per heavy atom. The van der Waals surface area contributed by atoms with Gasteiger partial charge in [0.2, 0.25) is 0 Å². The highest BCUT2D eigenvalue weighted by Crippen LogP contribution is 2.40. The number of hydrogen-bond donors (Lipinski definition) is 0. The summed E-state index contributed by atoms with van der Waals surface area (Å²) in [6, 6.07) is 5.36. The number of rotatable bonds is 7. The van der Waals surface area contributed by atoms with Gasteiger partial charge in [-0.25, -0.2) is 9.78 Å². The number of benzene rings is 1. The molecule has 8 heteroatoms. The standard InChI is InChI=1S/C22H24F2N2O4/c1-28-21(27)19-17(25-12-18(26-19)14-5-6-14)11-15-3-2-4-16(20(15)30-22(23)24)13-7-9-29-10-8-13/h2-4,12-14,22H,5-11H2,1H3. The second-order valence-electron chi connectivity index (χ2n) is 7.63. The van der Waals surface area contributed by atoms with Crippen LogP contribution in [0.4, 0.5) is 8.78 Å². The van der Waals surface area contributed by atoms with Gasteiger partial charge in [0.05, 0.1) is 18.5 Å². The lowest BCUT2D eigenvalue weighted by atomic mass is 9.89. The number of hydrogen-bond acceptors (Lipinski definition) is 6. The van der Waals surface area contributed by atoms with Gasteiger partial charge in [-0.2, -0.15) is 8.78 Å². The highest BCUT2D eigenvalue weighted by atomic mass is 19.3. The largest absolute Gasteiger partial charge is 0.464 e. The van der Waals surface area contributed by atoms with E-state index in [9.17, 15) is 13.6 Å². The third-order valence-corrected chi connectivity index (χ3v) is 5.59. The summed E-state index contributed by atoms with van der Waals surface area (Å²) in [5.74, 6) is -0.0272. The third kappa shape index (κ3) is 4.59. The molecule has 2 heterocycles. The van der Waals surface area contributed by atoms with Crippen LogP contribution in [0.5, 0.6) is 5.75 Å². The van der Waals surface area contributed by atoms with Crippen molar-refractivity contribution in [3.8, 4) is 5.75 Å². The minimum atomic E-state index is -2.95. The smallest absolute Gasteiger partial charge is 0.387 e. The van der Waals surface area contributed by atoms with Crippen molar-refractivity contribution in [3.63, 3.8) is 0 Å². The minimum Gasteiger partial charge on any atom is -0.464 e. The van der Waals surface area contributed by atoms with Crippen molar-refractivity contribution < 1.29 is 27.8 Å². The van der Waals surface area contributed by atoms with E-state index >= 15 is 0 Å². The van der Waals surface area contributed by atoms with Crippen LogP contribution in [0.2, 0.25) is 0 Å². The maximum absolute atomic E-state index is 13.2. The van der Waals surface area contributed by atoms with Gasteiger partial charge < -0.3 is 14.2 Å². The van der Waals surface area contributed by atoms with Gasteiger partial charge in [-0.3, -0.25) is 4.98 Å². The number of methoxy groups -OCH3 is 1. The van der Waals surface area contributed by atoms with Crippen LogP contribution in [0.25, 0.3) is 0 Å². The zero-order valence-corrected chi connectivity index (χ0v) is 16.8. The van der Waals surface area contributed by atoms with E-state index < -0.39 is 12.6 Å². The minimum absolute atomic E-state index is 0.0795. The zero-order chi connectivity index (χ0) is 21.1. The fourth-order valence-corrected chi connectivity index (χ4v) is 3.88. The number of esters is 1. The van der Waals surface area contributed by atoms with Crippen LogP contribution in [0.3, 0.4) is 0 Å². The lowest BCUT2D eigenvalue weighted by molar-refractivity contribution is -0.0515. The molecule has 0 amide bonds. The first-order valence-electron chi connectivity index (χ1n) is 10.1. The van der Waals surface area contributed by atoms with E-state index in [1.807, 2.05) is 12.1 Å². The summed E-state index contributed by atoms with van der Waals surface area (Å²) in [4.78, 5) is 21.2. The molecule has 1 aromatic carbocycles. The molecule has 2 aliphatic rings. The number of alkyl halides is 2. The van der Waals surface area contributed by atoms with Gasteiger partial charge in [-0.05, 0) is 37.2 Å². The number of ether oxygens (including phenoxy) is 3. The molecule has 0 unspecified atom stereocenters. The van der Waals surface area contributed by atoms with E-state index in [-0.39, 0.29) is 23.8 Å². The molecular formula is C22H24F2N2O4. The quantitative estimate of drug-likeness (QED) is 0.627. The molecule has 1 saturated heterocycles. The number of nitrogens with zero attached hydrogens (tertiary/aromatic N) is 2. The van der Waals surface area contributed by atoms with Crippen LogP contribution in [0.1, 0.15) is 70.5 Å². The Hall–Kier alpha value is -2.61. The average Bonchev–Trinajstić information content (AvgIpc) is 3.60. The Kier molecular flexibility index (Phi) is 6.22. The van der Waals surface area contributed by atoms with Crippen molar-refractivity contribution >= 4 is 5.97 Å². The van der Waals surface area contributed by atoms with Crippen LogP contribution >= 0.6 is 0 Å². The van der Waals surface area contributed by atoms with Crippen molar-refractivity contribution in [3.05, 3.63) is 52.6 Å². The molecule has 4 rings (SSSR count). The van der Waals surface area contributed by atoms with E-state index in [0.29, 0.717) is 30.4 Å². The van der Waals surface area contributed by atoms with Crippen molar-refractivity contribution in [2.45, 2.75) is 50.6 Å². The lowest BCUT2D eigenvalue weighted by Crippen LogP contribution is -2.17. The predicted molar refractivity (Wildman–Crippen MR) is 104 cm³/mol. The highest BCUT2D eigenvalue weighted by molar-refractivity contribution is 5.88. The maximum Gasteiger partial charge on any atom is 0.387 e. The fraction of sp³-hybridized carbons (Fsp3) is 0.500. The van der Waals surface area contributed by atoms with E-state index in [0.717, 1.165) is 36.9 Å². The van der Waals surface area contributed by atoms with Gasteiger partial charge in [0.15, 0.2) is 5.69 Å². The van der Waals surface area contributed by atoms with Gasteiger partial charge in [-0.15, -0.1) is 0 Å². The average molecular weight is 418 g/mol. The Labute approximate surface area is 173 Å². The second-order valence-corrected chi connectivity index (χ2v) is 7.63. The first-order valence-corrected chi connectivity index (χ1v) is 10.1. The Balaban J connectivity index is 1.70. The monoisotopic (exact) mass is 418 g/mol. The number of para-hydroxylation sites is 1. The number of carbonyl (C=O) groups excluding carboxylic acids is 1. The normalized spacial score (nSPS) is 17.2. The van der Waals surface area contributed by atoms with Crippen LogP contribution in [0, 0.1) is 0 Å². The van der Waals surface area contributed by atoms with Gasteiger partial charge in [-0.1, -0.05) is 18.2 Å². The molecule has 0 radical (unpaired) electrons. The number of aromatic nitrogens is 2. The molecule has 1 aliphatic heterocycles. The first kappa shape index (κ1) is 20.7. The van der Waals surface area contributed by atoms with Crippen LogP contribution < -0.4 is 4.74 Å². The molecule has 1 aliphatic carbocycles. The fourth-order valence-electron chi connectivity index (χ4n) is 3.88. The van der Waals surface area contributed by atoms with E-state index in [1.54, 1.807) is 12.3 Å². The molecule has 1 aromatic heterocycles. The Morgan fingerprint density at radius 3 is 2.63 bits per heavy atom. The van der Waals surface area contributed by atoms with E-state index in [4.69, 9.17) is 14.2 Å². The van der Waals surface area contributed by atoms with Gasteiger partial charge in [0.25, 0.3) is 0 Å². The molecular weight excluding hydrogens is 394 g/mol. The summed E-state index contributed by atoms with van der Waals surface area (Å²) in [6.45, 7) is -1.78. The summed E-state index contributed by atoms with van der Waals surface area (Å²) in [5.41, 5.74) is 2.55. The number of halogens is 2. The first-order chi connectivity index (χ1) is 14.6. The van der Waals surface area contributed by atoms with E-state index in [2.05, 4.69) is 9.97 Å². The molecule has 2 fully saturated rings. The second kappa shape index (κ2) is 9.04. The zero-order valence-electron chi connectivity index (χ0n) is 16.8. The van der Waals surface area contributed by atoms with Crippen LogP contribution in [0.15, 0.2) is 24.4 Å². The van der Waals surface area contributed by atoms with E-state index in [1.165, 1.54) is 7.11 Å². The molecule has 2 aromatic rings. The van der Waals surface area contributed by atoms with Crippen molar-refractivity contribution in [1.82, 2.24) is 9.97 Å². The summed E-state index contributed by atoms with van der Waals surface area (Å²) in [7, 11) is 1.29. The molecule has 0 spiro atoms. The topological polar surface area (TPSA) is 70.5 Å². The molecule has 0 atom stereocenters.